The van der Waals surface area contributed by atoms with Crippen molar-refractivity contribution < 1.29 is 14.7 Å². The zero-order valence-corrected chi connectivity index (χ0v) is 15.7. The van der Waals surface area contributed by atoms with Gasteiger partial charge >= 0.3 is 5.97 Å². The van der Waals surface area contributed by atoms with Crippen molar-refractivity contribution in [3.05, 3.63) is 12.2 Å². The van der Waals surface area contributed by atoms with Crippen LogP contribution in [-0.2, 0) is 9.59 Å². The van der Waals surface area contributed by atoms with Crippen molar-refractivity contribution in [2.45, 2.75) is 103 Å². The number of unbranched alkanes of at least 4 members (excludes halogenated alkanes) is 10. The normalized spacial score (nSPS) is 12.0. The molecule has 140 valence electrons. The van der Waals surface area contributed by atoms with Crippen molar-refractivity contribution in [3.63, 3.8) is 0 Å². The molecule has 24 heavy (non-hydrogen) atoms. The van der Waals surface area contributed by atoms with Crippen LogP contribution in [0.3, 0.4) is 0 Å². The van der Waals surface area contributed by atoms with Crippen molar-refractivity contribution in [3.8, 4) is 0 Å². The summed E-state index contributed by atoms with van der Waals surface area (Å²) in [5, 5.41) is 8.71. The molecule has 0 bridgehead atoms. The zero-order valence-electron chi connectivity index (χ0n) is 15.7. The van der Waals surface area contributed by atoms with Crippen LogP contribution in [0.2, 0.25) is 0 Å². The summed E-state index contributed by atoms with van der Waals surface area (Å²) >= 11 is 0. The fourth-order valence-corrected chi connectivity index (χ4v) is 3.03. The van der Waals surface area contributed by atoms with E-state index in [-0.39, 0.29) is 5.92 Å². The second-order valence-corrected chi connectivity index (χ2v) is 7.02. The smallest absolute Gasteiger partial charge is 0.330 e. The molecule has 1 N–H and O–H groups in total. The van der Waals surface area contributed by atoms with Gasteiger partial charge in [0.05, 0.1) is 0 Å². The topological polar surface area (TPSA) is 54.4 Å². The first kappa shape index (κ1) is 22.9. The average molecular weight is 339 g/mol. The number of carbonyl (C=O) groups is 2. The van der Waals surface area contributed by atoms with Crippen LogP contribution >= 0.6 is 0 Å². The van der Waals surface area contributed by atoms with Gasteiger partial charge < -0.3 is 9.90 Å². The van der Waals surface area contributed by atoms with Crippen LogP contribution in [0.1, 0.15) is 103 Å². The molecular weight excluding hydrogens is 300 g/mol. The highest BCUT2D eigenvalue weighted by atomic mass is 16.4. The highest BCUT2D eigenvalue weighted by Gasteiger charge is 2.07. The van der Waals surface area contributed by atoms with E-state index in [1.165, 1.54) is 57.8 Å². The van der Waals surface area contributed by atoms with E-state index in [4.69, 9.17) is 5.11 Å². The lowest BCUT2D eigenvalue weighted by atomic mass is 9.95. The van der Waals surface area contributed by atoms with E-state index in [1.54, 1.807) is 0 Å². The Labute approximate surface area is 148 Å². The Morgan fingerprint density at radius 3 is 1.79 bits per heavy atom. The quantitative estimate of drug-likeness (QED) is 0.181. The molecule has 1 atom stereocenters. The minimum absolute atomic E-state index is 0.272. The molecule has 0 rings (SSSR count). The van der Waals surface area contributed by atoms with Gasteiger partial charge in [0.2, 0.25) is 0 Å². The van der Waals surface area contributed by atoms with E-state index in [2.05, 4.69) is 13.5 Å². The molecule has 0 aromatic rings. The maximum Gasteiger partial charge on any atom is 0.330 e. The molecule has 0 saturated heterocycles. The highest BCUT2D eigenvalue weighted by molar-refractivity contribution is 5.85. The van der Waals surface area contributed by atoms with E-state index in [9.17, 15) is 9.59 Å². The minimum Gasteiger partial charge on any atom is -0.478 e. The van der Waals surface area contributed by atoms with Crippen LogP contribution in [0.5, 0.6) is 0 Å². The van der Waals surface area contributed by atoms with E-state index in [0.717, 1.165) is 38.4 Å². The molecule has 0 aliphatic rings. The fourth-order valence-electron chi connectivity index (χ4n) is 3.03. The largest absolute Gasteiger partial charge is 0.478 e. The van der Waals surface area contributed by atoms with Gasteiger partial charge in [0, 0.05) is 11.5 Å². The number of carbonyl (C=O) groups excluding carboxylic acids is 1. The van der Waals surface area contributed by atoms with Gasteiger partial charge in [0.15, 0.2) is 0 Å². The average Bonchev–Trinajstić information content (AvgIpc) is 2.57. The number of aldehydes is 1. The van der Waals surface area contributed by atoms with Gasteiger partial charge in [0.1, 0.15) is 6.29 Å². The van der Waals surface area contributed by atoms with Gasteiger partial charge in [0.25, 0.3) is 0 Å². The summed E-state index contributed by atoms with van der Waals surface area (Å²) in [7, 11) is 0. The number of rotatable bonds is 18. The molecule has 0 spiro atoms. The Kier molecular flexibility index (Phi) is 15.9. The molecule has 0 aromatic carbocycles. The first-order chi connectivity index (χ1) is 11.6. The fraction of sp³-hybridized carbons (Fsp3) is 0.810. The Balaban J connectivity index is 3.39. The molecule has 0 fully saturated rings. The maximum atomic E-state index is 11.1. The molecule has 1 unspecified atom stereocenters. The Morgan fingerprint density at radius 2 is 1.33 bits per heavy atom. The molecular formula is C21H38O3. The van der Waals surface area contributed by atoms with E-state index in [0.29, 0.717) is 12.0 Å². The first-order valence-electron chi connectivity index (χ1n) is 9.98. The molecule has 0 saturated carbocycles. The van der Waals surface area contributed by atoms with Crippen LogP contribution in [-0.4, -0.2) is 17.4 Å². The van der Waals surface area contributed by atoms with Crippen molar-refractivity contribution in [1.82, 2.24) is 0 Å². The van der Waals surface area contributed by atoms with Gasteiger partial charge in [-0.25, -0.2) is 4.79 Å². The van der Waals surface area contributed by atoms with Gasteiger partial charge in [-0.15, -0.1) is 0 Å². The summed E-state index contributed by atoms with van der Waals surface area (Å²) in [5.74, 6) is -0.598. The number of hydrogen-bond acceptors (Lipinski definition) is 2. The van der Waals surface area contributed by atoms with Crippen molar-refractivity contribution >= 4 is 12.3 Å². The molecule has 0 radical (unpaired) electrons. The lowest BCUT2D eigenvalue weighted by Crippen LogP contribution is -2.02. The van der Waals surface area contributed by atoms with E-state index < -0.39 is 5.97 Å². The van der Waals surface area contributed by atoms with E-state index in [1.807, 2.05) is 0 Å². The lowest BCUT2D eigenvalue weighted by molar-refractivity contribution is -0.132. The van der Waals surface area contributed by atoms with Crippen molar-refractivity contribution in [2.24, 2.45) is 5.92 Å². The monoisotopic (exact) mass is 338 g/mol. The molecule has 0 aliphatic carbocycles. The first-order valence-corrected chi connectivity index (χ1v) is 9.98. The predicted octanol–water partition coefficient (Wildman–Crippen LogP) is 6.31. The molecule has 3 heteroatoms. The predicted molar refractivity (Wildman–Crippen MR) is 101 cm³/mol. The molecule has 0 amide bonds. The number of hydrogen-bond donors (Lipinski definition) is 1. The Morgan fingerprint density at radius 1 is 0.875 bits per heavy atom. The SMILES string of the molecule is C=C(CCCCCCCCCC(C=O)CCCCCCC)C(=O)O. The zero-order chi connectivity index (χ0) is 18.0. The van der Waals surface area contributed by atoms with E-state index >= 15 is 0 Å². The molecule has 0 aliphatic heterocycles. The summed E-state index contributed by atoms with van der Waals surface area (Å²) in [6, 6.07) is 0. The van der Waals surface area contributed by atoms with Crippen LogP contribution < -0.4 is 0 Å². The third-order valence-electron chi connectivity index (χ3n) is 4.73. The Hall–Kier alpha value is -1.12. The second-order valence-electron chi connectivity index (χ2n) is 7.02. The lowest BCUT2D eigenvalue weighted by Gasteiger charge is -2.10. The third kappa shape index (κ3) is 14.5. The van der Waals surface area contributed by atoms with Gasteiger partial charge in [-0.3, -0.25) is 0 Å². The minimum atomic E-state index is -0.870. The molecule has 0 heterocycles. The van der Waals surface area contributed by atoms with Crippen LogP contribution in [0.15, 0.2) is 12.2 Å². The van der Waals surface area contributed by atoms with Crippen LogP contribution in [0.4, 0.5) is 0 Å². The molecule has 3 nitrogen and oxygen atoms in total. The third-order valence-corrected chi connectivity index (χ3v) is 4.73. The summed E-state index contributed by atoms with van der Waals surface area (Å²) < 4.78 is 0. The molecule has 0 aromatic heterocycles. The van der Waals surface area contributed by atoms with Crippen molar-refractivity contribution in [1.29, 1.82) is 0 Å². The number of aliphatic carboxylic acids is 1. The van der Waals surface area contributed by atoms with Crippen LogP contribution in [0, 0.1) is 5.92 Å². The highest BCUT2D eigenvalue weighted by Crippen LogP contribution is 2.18. The van der Waals surface area contributed by atoms with Gasteiger partial charge in [-0.1, -0.05) is 84.1 Å². The summed E-state index contributed by atoms with van der Waals surface area (Å²) in [6.07, 6.45) is 18.2. The van der Waals surface area contributed by atoms with Gasteiger partial charge in [-0.2, -0.15) is 0 Å². The standard InChI is InChI=1S/C21H38O3/c1-3-4-5-9-13-16-20(18-22)17-14-11-8-6-7-10-12-15-19(2)21(23)24/h18,20H,2-17H2,1H3,(H,23,24). The van der Waals surface area contributed by atoms with Gasteiger partial charge in [-0.05, 0) is 25.7 Å². The van der Waals surface area contributed by atoms with Crippen LogP contribution in [0.25, 0.3) is 0 Å². The summed E-state index contributed by atoms with van der Waals surface area (Å²) in [6.45, 7) is 5.77. The second kappa shape index (κ2) is 16.7. The van der Waals surface area contributed by atoms with Crippen molar-refractivity contribution in [2.75, 3.05) is 0 Å². The maximum absolute atomic E-state index is 11.1. The number of carboxylic acid groups (broad SMARTS) is 1. The summed E-state index contributed by atoms with van der Waals surface area (Å²) in [5.41, 5.74) is 0.324. The Bertz CT molecular complexity index is 336. The summed E-state index contributed by atoms with van der Waals surface area (Å²) in [4.78, 5) is 21.7. The number of carboxylic acids is 1.